The summed E-state index contributed by atoms with van der Waals surface area (Å²) >= 11 is 0. The summed E-state index contributed by atoms with van der Waals surface area (Å²) < 4.78 is 1.58. The maximum absolute atomic E-state index is 12.6. The Morgan fingerprint density at radius 1 is 1.50 bits per heavy atom. The number of amides is 1. The van der Waals surface area contributed by atoms with Crippen molar-refractivity contribution in [1.29, 1.82) is 0 Å². The van der Waals surface area contributed by atoms with Gasteiger partial charge in [-0.25, -0.2) is 0 Å². The largest absolute Gasteiger partial charge is 0.396 e. The molecule has 0 spiro atoms. The van der Waals surface area contributed by atoms with E-state index in [0.717, 1.165) is 25.8 Å². The summed E-state index contributed by atoms with van der Waals surface area (Å²) in [7, 11) is 1.77. The van der Waals surface area contributed by atoms with Crippen LogP contribution in [0.15, 0.2) is 6.20 Å². The standard InChI is InChI=1S/C13H22N4O/c1-3-10-7-5-4-6-8-17(10)13(18)12-11(14)9-15-16(12)2/h9-10H,3-8,14H2,1-2H3. The van der Waals surface area contributed by atoms with E-state index in [4.69, 9.17) is 5.73 Å². The third-order valence-corrected chi connectivity index (χ3v) is 3.78. The Morgan fingerprint density at radius 2 is 2.28 bits per heavy atom. The number of nitrogen functional groups attached to an aromatic ring is 1. The van der Waals surface area contributed by atoms with Crippen molar-refractivity contribution >= 4 is 11.6 Å². The second kappa shape index (κ2) is 5.42. The number of hydrogen-bond acceptors (Lipinski definition) is 3. The molecule has 2 heterocycles. The van der Waals surface area contributed by atoms with E-state index in [1.807, 2.05) is 4.90 Å². The van der Waals surface area contributed by atoms with E-state index in [9.17, 15) is 4.79 Å². The molecule has 0 saturated carbocycles. The van der Waals surface area contributed by atoms with Gasteiger partial charge < -0.3 is 10.6 Å². The number of nitrogens with zero attached hydrogens (tertiary/aromatic N) is 3. The number of carbonyl (C=O) groups is 1. The zero-order chi connectivity index (χ0) is 13.1. The van der Waals surface area contributed by atoms with E-state index in [0.29, 0.717) is 17.4 Å². The first-order valence-electron chi connectivity index (χ1n) is 6.73. The van der Waals surface area contributed by atoms with Crippen LogP contribution in [-0.2, 0) is 7.05 Å². The Balaban J connectivity index is 2.25. The third-order valence-electron chi connectivity index (χ3n) is 3.78. The maximum Gasteiger partial charge on any atom is 0.274 e. The highest BCUT2D eigenvalue weighted by atomic mass is 16.2. The van der Waals surface area contributed by atoms with Crippen LogP contribution in [0.3, 0.4) is 0 Å². The van der Waals surface area contributed by atoms with E-state index in [1.54, 1.807) is 17.9 Å². The van der Waals surface area contributed by atoms with Gasteiger partial charge in [0.05, 0.1) is 11.9 Å². The number of nitrogens with two attached hydrogens (primary N) is 1. The molecule has 0 aliphatic carbocycles. The minimum Gasteiger partial charge on any atom is -0.396 e. The number of carbonyl (C=O) groups excluding carboxylic acids is 1. The van der Waals surface area contributed by atoms with Gasteiger partial charge in [-0.05, 0) is 19.3 Å². The van der Waals surface area contributed by atoms with Gasteiger partial charge in [-0.1, -0.05) is 19.8 Å². The summed E-state index contributed by atoms with van der Waals surface area (Å²) in [6, 6.07) is 0.342. The summed E-state index contributed by atoms with van der Waals surface area (Å²) in [6.45, 7) is 2.98. The molecular formula is C13H22N4O. The first-order valence-corrected chi connectivity index (χ1v) is 6.73. The van der Waals surface area contributed by atoms with Gasteiger partial charge in [0.25, 0.3) is 5.91 Å². The molecule has 1 unspecified atom stereocenters. The van der Waals surface area contributed by atoms with Gasteiger partial charge in [0, 0.05) is 19.6 Å². The Hall–Kier alpha value is -1.52. The summed E-state index contributed by atoms with van der Waals surface area (Å²) in [6.07, 6.45) is 7.15. The fourth-order valence-corrected chi connectivity index (χ4v) is 2.72. The molecule has 100 valence electrons. The average molecular weight is 250 g/mol. The van der Waals surface area contributed by atoms with Crippen LogP contribution in [0.4, 0.5) is 5.69 Å². The van der Waals surface area contributed by atoms with Crippen molar-refractivity contribution in [3.63, 3.8) is 0 Å². The smallest absolute Gasteiger partial charge is 0.274 e. The minimum absolute atomic E-state index is 0.0289. The van der Waals surface area contributed by atoms with Gasteiger partial charge in [0.2, 0.25) is 0 Å². The Kier molecular flexibility index (Phi) is 3.89. The molecular weight excluding hydrogens is 228 g/mol. The van der Waals surface area contributed by atoms with Crippen molar-refractivity contribution in [2.24, 2.45) is 7.05 Å². The van der Waals surface area contributed by atoms with Crippen LogP contribution in [0.25, 0.3) is 0 Å². The van der Waals surface area contributed by atoms with Gasteiger partial charge in [0.15, 0.2) is 0 Å². The monoisotopic (exact) mass is 250 g/mol. The predicted octanol–water partition coefficient (Wildman–Crippen LogP) is 1.80. The van der Waals surface area contributed by atoms with Crippen LogP contribution in [0.2, 0.25) is 0 Å². The zero-order valence-electron chi connectivity index (χ0n) is 11.2. The summed E-state index contributed by atoms with van der Waals surface area (Å²) in [5, 5.41) is 4.05. The Labute approximate surface area is 108 Å². The molecule has 1 aliphatic rings. The number of likely N-dealkylation sites (tertiary alicyclic amines) is 1. The minimum atomic E-state index is 0.0289. The number of aryl methyl sites for hydroxylation is 1. The second-order valence-electron chi connectivity index (χ2n) is 4.98. The maximum atomic E-state index is 12.6. The van der Waals surface area contributed by atoms with Gasteiger partial charge in [-0.2, -0.15) is 5.10 Å². The SMILES string of the molecule is CCC1CCCCCN1C(=O)c1c(N)cnn1C. The molecule has 2 rings (SSSR count). The number of rotatable bonds is 2. The average Bonchev–Trinajstić information content (AvgIpc) is 2.57. The molecule has 1 aromatic rings. The van der Waals surface area contributed by atoms with Gasteiger partial charge in [0.1, 0.15) is 5.69 Å². The fraction of sp³-hybridized carbons (Fsp3) is 0.692. The number of hydrogen-bond donors (Lipinski definition) is 1. The lowest BCUT2D eigenvalue weighted by Crippen LogP contribution is -2.40. The molecule has 0 bridgehead atoms. The molecule has 5 heteroatoms. The van der Waals surface area contributed by atoms with E-state index >= 15 is 0 Å². The lowest BCUT2D eigenvalue weighted by molar-refractivity contribution is 0.0668. The van der Waals surface area contributed by atoms with E-state index in [1.165, 1.54) is 12.8 Å². The molecule has 2 N–H and O–H groups in total. The van der Waals surface area contributed by atoms with Crippen molar-refractivity contribution in [3.8, 4) is 0 Å². The molecule has 1 aliphatic heterocycles. The van der Waals surface area contributed by atoms with Gasteiger partial charge in [-0.15, -0.1) is 0 Å². The molecule has 1 amide bonds. The molecule has 1 saturated heterocycles. The lowest BCUT2D eigenvalue weighted by Gasteiger charge is -2.29. The van der Waals surface area contributed by atoms with Crippen LogP contribution in [-0.4, -0.2) is 33.2 Å². The normalized spacial score (nSPS) is 20.8. The summed E-state index contributed by atoms with van der Waals surface area (Å²) in [5.74, 6) is 0.0289. The predicted molar refractivity (Wildman–Crippen MR) is 71.2 cm³/mol. The molecule has 0 radical (unpaired) electrons. The first kappa shape index (κ1) is 12.9. The van der Waals surface area contributed by atoms with Crippen LogP contribution >= 0.6 is 0 Å². The van der Waals surface area contributed by atoms with E-state index in [2.05, 4.69) is 12.0 Å². The third kappa shape index (κ3) is 2.35. The highest BCUT2D eigenvalue weighted by Crippen LogP contribution is 2.22. The number of aromatic nitrogens is 2. The van der Waals surface area contributed by atoms with Crippen LogP contribution in [0, 0.1) is 0 Å². The topological polar surface area (TPSA) is 64.2 Å². The zero-order valence-corrected chi connectivity index (χ0v) is 11.2. The lowest BCUT2D eigenvalue weighted by atomic mass is 10.1. The van der Waals surface area contributed by atoms with E-state index < -0.39 is 0 Å². The molecule has 0 aromatic carbocycles. The van der Waals surface area contributed by atoms with Crippen molar-refractivity contribution in [2.75, 3.05) is 12.3 Å². The second-order valence-corrected chi connectivity index (χ2v) is 4.98. The van der Waals surface area contributed by atoms with Crippen LogP contribution < -0.4 is 5.73 Å². The molecule has 5 nitrogen and oxygen atoms in total. The molecule has 1 fully saturated rings. The van der Waals surface area contributed by atoms with Crippen LogP contribution in [0.1, 0.15) is 49.5 Å². The quantitative estimate of drug-likeness (QED) is 0.870. The first-order chi connectivity index (χ1) is 8.65. The molecule has 18 heavy (non-hydrogen) atoms. The van der Waals surface area contributed by atoms with Crippen molar-refractivity contribution < 1.29 is 4.79 Å². The van der Waals surface area contributed by atoms with Crippen molar-refractivity contribution in [2.45, 2.75) is 45.1 Å². The van der Waals surface area contributed by atoms with Crippen molar-refractivity contribution in [3.05, 3.63) is 11.9 Å². The summed E-state index contributed by atoms with van der Waals surface area (Å²) in [5.41, 5.74) is 6.84. The Bertz CT molecular complexity index is 407. The highest BCUT2D eigenvalue weighted by molar-refractivity contribution is 5.97. The summed E-state index contributed by atoms with van der Waals surface area (Å²) in [4.78, 5) is 14.6. The molecule has 1 atom stereocenters. The molecule has 1 aromatic heterocycles. The van der Waals surface area contributed by atoms with Gasteiger partial charge >= 0.3 is 0 Å². The van der Waals surface area contributed by atoms with E-state index in [-0.39, 0.29) is 5.91 Å². The highest BCUT2D eigenvalue weighted by Gasteiger charge is 2.28. The number of anilines is 1. The fourth-order valence-electron chi connectivity index (χ4n) is 2.72. The van der Waals surface area contributed by atoms with Crippen molar-refractivity contribution in [1.82, 2.24) is 14.7 Å². The van der Waals surface area contributed by atoms with Gasteiger partial charge in [-0.3, -0.25) is 9.48 Å². The Morgan fingerprint density at radius 3 is 2.89 bits per heavy atom. The van der Waals surface area contributed by atoms with Crippen LogP contribution in [0.5, 0.6) is 0 Å².